The molecule has 1 aliphatic rings. The Kier molecular flexibility index (Phi) is 6.59. The highest BCUT2D eigenvalue weighted by Crippen LogP contribution is 2.16. The molecule has 0 aromatic carbocycles. The van der Waals surface area contributed by atoms with E-state index < -0.39 is 9.84 Å². The zero-order valence-corrected chi connectivity index (χ0v) is 14.6. The van der Waals surface area contributed by atoms with Crippen LogP contribution in [-0.2, 0) is 15.6 Å². The van der Waals surface area contributed by atoms with Gasteiger partial charge >= 0.3 is 0 Å². The van der Waals surface area contributed by atoms with Crippen molar-refractivity contribution in [1.82, 2.24) is 9.88 Å². The molecule has 2 rings (SSSR count). The van der Waals surface area contributed by atoms with E-state index in [-0.39, 0.29) is 11.9 Å². The molecule has 23 heavy (non-hydrogen) atoms. The second kappa shape index (κ2) is 8.45. The average molecular weight is 338 g/mol. The molecule has 0 aliphatic carbocycles. The molecule has 1 atom stereocenters. The van der Waals surface area contributed by atoms with Crippen LogP contribution in [0.1, 0.15) is 31.2 Å². The van der Waals surface area contributed by atoms with E-state index in [1.807, 2.05) is 6.08 Å². The maximum Gasteiger partial charge on any atom is 0.213 e. The van der Waals surface area contributed by atoms with Gasteiger partial charge in [-0.15, -0.1) is 6.58 Å². The number of hydrogen-bond acceptors (Lipinski definition) is 5. The van der Waals surface area contributed by atoms with Gasteiger partial charge in [0.25, 0.3) is 0 Å². The number of ether oxygens (including phenoxy) is 1. The van der Waals surface area contributed by atoms with Crippen LogP contribution in [0.25, 0.3) is 0 Å². The number of likely N-dealkylation sites (tertiary alicyclic amines) is 1. The van der Waals surface area contributed by atoms with Crippen LogP contribution in [0.5, 0.6) is 5.88 Å². The minimum Gasteiger partial charge on any atom is -0.473 e. The second-order valence-electron chi connectivity index (χ2n) is 6.19. The Morgan fingerprint density at radius 1 is 1.39 bits per heavy atom. The fourth-order valence-corrected chi connectivity index (χ4v) is 3.56. The van der Waals surface area contributed by atoms with Gasteiger partial charge in [-0.3, -0.25) is 4.90 Å². The largest absolute Gasteiger partial charge is 0.473 e. The van der Waals surface area contributed by atoms with Gasteiger partial charge in [0.2, 0.25) is 5.88 Å². The van der Waals surface area contributed by atoms with Crippen LogP contribution < -0.4 is 4.74 Å². The number of rotatable bonds is 9. The average Bonchev–Trinajstić information content (AvgIpc) is 2.98. The molecule has 5 nitrogen and oxygen atoms in total. The van der Waals surface area contributed by atoms with E-state index in [1.54, 1.807) is 18.3 Å². The Hall–Kier alpha value is -1.40. The van der Waals surface area contributed by atoms with E-state index >= 15 is 0 Å². The first kappa shape index (κ1) is 17.9. The van der Waals surface area contributed by atoms with Crippen LogP contribution in [0.4, 0.5) is 0 Å². The Balaban J connectivity index is 1.95. The van der Waals surface area contributed by atoms with Crippen molar-refractivity contribution in [3.8, 4) is 5.88 Å². The standard InChI is InChI=1S/C17H26N2O3S/c1-3-4-7-16(13-19-10-5-6-11-19)22-17-9-8-15(12-18-17)14-23(2,20)21/h3,8-9,12,16H,1,4-7,10-11,13-14H2,2H3/t16-/m0/s1. The SMILES string of the molecule is C=CCC[C@@H](CN1CCCC1)Oc1ccc(CS(C)(=O)=O)cn1. The third-order valence-corrected chi connectivity index (χ3v) is 4.72. The van der Waals surface area contributed by atoms with Crippen LogP contribution in [0.2, 0.25) is 0 Å². The Morgan fingerprint density at radius 3 is 2.70 bits per heavy atom. The third kappa shape index (κ3) is 6.71. The van der Waals surface area contributed by atoms with E-state index in [0.29, 0.717) is 11.4 Å². The van der Waals surface area contributed by atoms with E-state index in [1.165, 1.54) is 19.1 Å². The molecule has 0 unspecified atom stereocenters. The minimum atomic E-state index is -3.04. The monoisotopic (exact) mass is 338 g/mol. The summed E-state index contributed by atoms with van der Waals surface area (Å²) in [5, 5.41) is 0. The molecular formula is C17H26N2O3S. The van der Waals surface area contributed by atoms with Crippen molar-refractivity contribution in [3.63, 3.8) is 0 Å². The van der Waals surface area contributed by atoms with Crippen molar-refractivity contribution in [2.24, 2.45) is 0 Å². The maximum absolute atomic E-state index is 11.3. The van der Waals surface area contributed by atoms with Gasteiger partial charge < -0.3 is 4.74 Å². The number of pyridine rings is 1. The Labute approximate surface area is 139 Å². The first-order chi connectivity index (χ1) is 11.0. The fourth-order valence-electron chi connectivity index (χ4n) is 2.78. The number of allylic oxidation sites excluding steroid dienone is 1. The van der Waals surface area contributed by atoms with Gasteiger partial charge in [0.05, 0.1) is 5.75 Å². The van der Waals surface area contributed by atoms with Crippen LogP contribution in [0.3, 0.4) is 0 Å². The normalized spacial score (nSPS) is 17.1. The predicted molar refractivity (Wildman–Crippen MR) is 92.3 cm³/mol. The summed E-state index contributed by atoms with van der Waals surface area (Å²) in [6.07, 6.45) is 9.12. The van der Waals surface area contributed by atoms with Gasteiger partial charge in [-0.1, -0.05) is 12.1 Å². The molecular weight excluding hydrogens is 312 g/mol. The van der Waals surface area contributed by atoms with Gasteiger partial charge in [0.1, 0.15) is 6.10 Å². The summed E-state index contributed by atoms with van der Waals surface area (Å²) in [5.74, 6) is 0.559. The summed E-state index contributed by atoms with van der Waals surface area (Å²) >= 11 is 0. The molecule has 0 bridgehead atoms. The summed E-state index contributed by atoms with van der Waals surface area (Å²) < 4.78 is 28.6. The molecule has 0 amide bonds. The lowest BCUT2D eigenvalue weighted by Gasteiger charge is -2.23. The molecule has 0 saturated carbocycles. The van der Waals surface area contributed by atoms with Crippen LogP contribution in [0.15, 0.2) is 31.0 Å². The lowest BCUT2D eigenvalue weighted by molar-refractivity contribution is 0.134. The summed E-state index contributed by atoms with van der Waals surface area (Å²) in [5.41, 5.74) is 0.682. The molecule has 1 aliphatic heterocycles. The van der Waals surface area contributed by atoms with Crippen molar-refractivity contribution in [1.29, 1.82) is 0 Å². The number of nitrogens with zero attached hydrogens (tertiary/aromatic N) is 2. The van der Waals surface area contributed by atoms with Gasteiger partial charge in [0.15, 0.2) is 9.84 Å². The van der Waals surface area contributed by atoms with Crippen molar-refractivity contribution in [2.45, 2.75) is 37.5 Å². The molecule has 6 heteroatoms. The molecule has 0 N–H and O–H groups in total. The van der Waals surface area contributed by atoms with Crippen molar-refractivity contribution >= 4 is 9.84 Å². The van der Waals surface area contributed by atoms with E-state index in [4.69, 9.17) is 4.74 Å². The lowest BCUT2D eigenvalue weighted by Crippen LogP contribution is -2.34. The zero-order chi connectivity index (χ0) is 16.7. The quantitative estimate of drug-likeness (QED) is 0.647. The molecule has 1 aromatic rings. The molecule has 128 valence electrons. The van der Waals surface area contributed by atoms with Crippen LogP contribution in [-0.4, -0.2) is 50.3 Å². The van der Waals surface area contributed by atoms with Crippen LogP contribution in [0, 0.1) is 0 Å². The summed E-state index contributed by atoms with van der Waals surface area (Å²) in [6.45, 7) is 6.95. The highest BCUT2D eigenvalue weighted by atomic mass is 32.2. The fraction of sp³-hybridized carbons (Fsp3) is 0.588. The topological polar surface area (TPSA) is 59.5 Å². The zero-order valence-electron chi connectivity index (χ0n) is 13.8. The predicted octanol–water partition coefficient (Wildman–Crippen LogP) is 2.44. The van der Waals surface area contributed by atoms with Gasteiger partial charge in [-0.25, -0.2) is 13.4 Å². The first-order valence-corrected chi connectivity index (χ1v) is 10.1. The van der Waals surface area contributed by atoms with Gasteiger partial charge in [-0.2, -0.15) is 0 Å². The molecule has 1 fully saturated rings. The number of aromatic nitrogens is 1. The summed E-state index contributed by atoms with van der Waals surface area (Å²) in [6, 6.07) is 3.52. The van der Waals surface area contributed by atoms with Crippen molar-refractivity contribution in [2.75, 3.05) is 25.9 Å². The molecule has 0 radical (unpaired) electrons. The maximum atomic E-state index is 11.3. The van der Waals surface area contributed by atoms with E-state index in [2.05, 4.69) is 16.5 Å². The summed E-state index contributed by atoms with van der Waals surface area (Å²) in [4.78, 5) is 6.68. The second-order valence-corrected chi connectivity index (χ2v) is 8.33. The van der Waals surface area contributed by atoms with E-state index in [9.17, 15) is 8.42 Å². The summed E-state index contributed by atoms with van der Waals surface area (Å²) in [7, 11) is -3.04. The highest BCUT2D eigenvalue weighted by Gasteiger charge is 2.19. The molecule has 1 saturated heterocycles. The smallest absolute Gasteiger partial charge is 0.213 e. The third-order valence-electron chi connectivity index (χ3n) is 3.87. The highest BCUT2D eigenvalue weighted by molar-refractivity contribution is 7.89. The van der Waals surface area contributed by atoms with Crippen molar-refractivity contribution in [3.05, 3.63) is 36.5 Å². The number of sulfone groups is 1. The molecule has 1 aromatic heterocycles. The Bertz CT molecular complexity index is 593. The molecule has 0 spiro atoms. The Morgan fingerprint density at radius 2 is 2.13 bits per heavy atom. The first-order valence-electron chi connectivity index (χ1n) is 8.09. The number of hydrogen-bond donors (Lipinski definition) is 0. The van der Waals surface area contributed by atoms with Crippen molar-refractivity contribution < 1.29 is 13.2 Å². The minimum absolute atomic E-state index is 0.00789. The van der Waals surface area contributed by atoms with E-state index in [0.717, 1.165) is 32.5 Å². The lowest BCUT2D eigenvalue weighted by atomic mass is 10.2. The van der Waals surface area contributed by atoms with Crippen LogP contribution >= 0.6 is 0 Å². The molecule has 2 heterocycles. The van der Waals surface area contributed by atoms with Gasteiger partial charge in [0, 0.05) is 25.1 Å². The van der Waals surface area contributed by atoms with Gasteiger partial charge in [-0.05, 0) is 44.3 Å².